The highest BCUT2D eigenvalue weighted by Crippen LogP contribution is 2.25. The standard InChI is InChI=1S/C25H27N3O5S/c29-24(26-15-10-20(11-16-26)19-6-2-1-3-7-19)12-17-28-22-9-8-21(18-23(22)33-25(28)30)34(31,32)27-13-4-5-14-27/h1-3,6-10,18H,4-5,11-17H2. The number of carbonyl (C=O) groups excluding carboxylic acids is 1. The number of hydrogen-bond donors (Lipinski definition) is 0. The normalized spacial score (nSPS) is 17.3. The molecule has 0 spiro atoms. The Morgan fingerprint density at radius 3 is 2.47 bits per heavy atom. The molecule has 3 heterocycles. The zero-order chi connectivity index (χ0) is 23.7. The van der Waals surface area contributed by atoms with Gasteiger partial charge in [0, 0.05) is 45.2 Å². The van der Waals surface area contributed by atoms with Crippen LogP contribution >= 0.6 is 0 Å². The Kier molecular flexibility index (Phi) is 6.14. The molecule has 0 atom stereocenters. The second-order valence-electron chi connectivity index (χ2n) is 8.70. The highest BCUT2D eigenvalue weighted by atomic mass is 32.2. The van der Waals surface area contributed by atoms with E-state index in [0.717, 1.165) is 19.3 Å². The molecule has 8 nitrogen and oxygen atoms in total. The lowest BCUT2D eigenvalue weighted by Crippen LogP contribution is -2.35. The Labute approximate surface area is 198 Å². The lowest BCUT2D eigenvalue weighted by molar-refractivity contribution is -0.131. The molecule has 1 saturated heterocycles. The van der Waals surface area contributed by atoms with Gasteiger partial charge in [0.05, 0.1) is 10.4 Å². The van der Waals surface area contributed by atoms with Crippen LogP contribution in [0.1, 0.15) is 31.2 Å². The van der Waals surface area contributed by atoms with Gasteiger partial charge in [-0.1, -0.05) is 36.4 Å². The van der Waals surface area contributed by atoms with Crippen LogP contribution in [0.4, 0.5) is 0 Å². The lowest BCUT2D eigenvalue weighted by atomic mass is 9.99. The predicted octanol–water partition coefficient (Wildman–Crippen LogP) is 3.09. The van der Waals surface area contributed by atoms with Crippen molar-refractivity contribution in [3.05, 3.63) is 70.7 Å². The summed E-state index contributed by atoms with van der Waals surface area (Å²) in [5.41, 5.74) is 3.12. The molecule has 9 heteroatoms. The van der Waals surface area contributed by atoms with Crippen molar-refractivity contribution in [1.29, 1.82) is 0 Å². The van der Waals surface area contributed by atoms with Crippen molar-refractivity contribution in [2.75, 3.05) is 26.2 Å². The fourth-order valence-corrected chi connectivity index (χ4v) is 6.21. The number of carbonyl (C=O) groups is 1. The summed E-state index contributed by atoms with van der Waals surface area (Å²) in [6.45, 7) is 2.37. The maximum Gasteiger partial charge on any atom is 0.419 e. The van der Waals surface area contributed by atoms with E-state index in [0.29, 0.717) is 31.7 Å². The van der Waals surface area contributed by atoms with Gasteiger partial charge in [-0.05, 0) is 42.5 Å². The topological polar surface area (TPSA) is 92.8 Å². The van der Waals surface area contributed by atoms with Gasteiger partial charge >= 0.3 is 5.76 Å². The van der Waals surface area contributed by atoms with E-state index in [-0.39, 0.29) is 29.4 Å². The van der Waals surface area contributed by atoms with Crippen molar-refractivity contribution in [2.45, 2.75) is 37.1 Å². The van der Waals surface area contributed by atoms with Crippen molar-refractivity contribution in [2.24, 2.45) is 0 Å². The van der Waals surface area contributed by atoms with Crippen molar-refractivity contribution < 1.29 is 17.6 Å². The molecule has 1 fully saturated rings. The minimum atomic E-state index is -3.60. The maximum absolute atomic E-state index is 12.8. The summed E-state index contributed by atoms with van der Waals surface area (Å²) in [5, 5.41) is 0. The number of rotatable bonds is 6. The van der Waals surface area contributed by atoms with E-state index in [1.165, 1.54) is 32.1 Å². The molecule has 0 aliphatic carbocycles. The Bertz CT molecular complexity index is 1400. The first-order valence-corrected chi connectivity index (χ1v) is 13.0. The van der Waals surface area contributed by atoms with Gasteiger partial charge in [-0.25, -0.2) is 13.2 Å². The Morgan fingerprint density at radius 2 is 1.76 bits per heavy atom. The van der Waals surface area contributed by atoms with Crippen molar-refractivity contribution >= 4 is 32.6 Å². The number of amides is 1. The molecule has 0 saturated carbocycles. The van der Waals surface area contributed by atoms with Crippen LogP contribution in [0.3, 0.4) is 0 Å². The van der Waals surface area contributed by atoms with Crippen LogP contribution in [0.15, 0.2) is 68.7 Å². The molecule has 1 aromatic heterocycles. The molecule has 2 aliphatic heterocycles. The average molecular weight is 482 g/mol. The molecule has 0 N–H and O–H groups in total. The summed E-state index contributed by atoms with van der Waals surface area (Å²) in [6, 6.07) is 14.6. The third-order valence-electron chi connectivity index (χ3n) is 6.60. The first-order chi connectivity index (χ1) is 16.4. The number of aryl methyl sites for hydroxylation is 1. The Hall–Kier alpha value is -3.17. The van der Waals surface area contributed by atoms with Gasteiger partial charge in [0.25, 0.3) is 0 Å². The third kappa shape index (κ3) is 4.33. The van der Waals surface area contributed by atoms with Crippen molar-refractivity contribution in [3.8, 4) is 0 Å². The van der Waals surface area contributed by atoms with Gasteiger partial charge < -0.3 is 9.32 Å². The van der Waals surface area contributed by atoms with Crippen LogP contribution in [0, 0.1) is 0 Å². The molecule has 1 amide bonds. The summed E-state index contributed by atoms with van der Waals surface area (Å²) in [7, 11) is -3.60. The molecular weight excluding hydrogens is 454 g/mol. The van der Waals surface area contributed by atoms with Gasteiger partial charge in [0.15, 0.2) is 5.58 Å². The highest BCUT2D eigenvalue weighted by Gasteiger charge is 2.28. The number of hydrogen-bond acceptors (Lipinski definition) is 5. The zero-order valence-electron chi connectivity index (χ0n) is 18.9. The molecule has 5 rings (SSSR count). The minimum Gasteiger partial charge on any atom is -0.408 e. The Balaban J connectivity index is 1.27. The van der Waals surface area contributed by atoms with Gasteiger partial charge in [-0.15, -0.1) is 0 Å². The maximum atomic E-state index is 12.8. The molecular formula is C25H27N3O5S. The van der Waals surface area contributed by atoms with Crippen LogP contribution < -0.4 is 5.76 Å². The summed E-state index contributed by atoms with van der Waals surface area (Å²) >= 11 is 0. The monoisotopic (exact) mass is 481 g/mol. The average Bonchev–Trinajstić information content (AvgIpc) is 3.51. The van der Waals surface area contributed by atoms with Crippen molar-refractivity contribution in [1.82, 2.24) is 13.8 Å². The molecule has 2 aromatic carbocycles. The lowest BCUT2D eigenvalue weighted by Gasteiger charge is -2.26. The first-order valence-electron chi connectivity index (χ1n) is 11.6. The molecule has 3 aromatic rings. The smallest absolute Gasteiger partial charge is 0.408 e. The number of fused-ring (bicyclic) bond motifs is 1. The molecule has 0 unspecified atom stereocenters. The van der Waals surface area contributed by atoms with E-state index in [1.807, 2.05) is 18.2 Å². The van der Waals surface area contributed by atoms with Crippen LogP contribution in [-0.2, 0) is 21.4 Å². The van der Waals surface area contributed by atoms with Gasteiger partial charge in [-0.2, -0.15) is 4.31 Å². The molecule has 178 valence electrons. The predicted molar refractivity (Wildman–Crippen MR) is 129 cm³/mol. The number of oxazole rings is 1. The van der Waals surface area contributed by atoms with Gasteiger partial charge in [-0.3, -0.25) is 9.36 Å². The largest absolute Gasteiger partial charge is 0.419 e. The summed E-state index contributed by atoms with van der Waals surface area (Å²) < 4.78 is 33.8. The van der Waals surface area contributed by atoms with Crippen LogP contribution in [0.2, 0.25) is 0 Å². The highest BCUT2D eigenvalue weighted by molar-refractivity contribution is 7.89. The number of aromatic nitrogens is 1. The number of benzene rings is 2. The van der Waals surface area contributed by atoms with Gasteiger partial charge in [0.1, 0.15) is 0 Å². The van der Waals surface area contributed by atoms with E-state index in [9.17, 15) is 18.0 Å². The number of nitrogens with zero attached hydrogens (tertiary/aromatic N) is 3. The first kappa shape index (κ1) is 22.6. The molecule has 34 heavy (non-hydrogen) atoms. The van der Waals surface area contributed by atoms with Crippen LogP contribution in [0.25, 0.3) is 16.7 Å². The van der Waals surface area contributed by atoms with Crippen molar-refractivity contribution in [3.63, 3.8) is 0 Å². The van der Waals surface area contributed by atoms with E-state index in [2.05, 4.69) is 18.2 Å². The zero-order valence-corrected chi connectivity index (χ0v) is 19.7. The van der Waals surface area contributed by atoms with Gasteiger partial charge in [0.2, 0.25) is 15.9 Å². The molecule has 2 aliphatic rings. The second kappa shape index (κ2) is 9.23. The fraction of sp³-hybridized carbons (Fsp3) is 0.360. The van der Waals surface area contributed by atoms with E-state index in [1.54, 1.807) is 11.0 Å². The van der Waals surface area contributed by atoms with Crippen LogP contribution in [-0.4, -0.2) is 54.3 Å². The summed E-state index contributed by atoms with van der Waals surface area (Å²) in [4.78, 5) is 27.1. The van der Waals surface area contributed by atoms with E-state index < -0.39 is 15.8 Å². The SMILES string of the molecule is O=C(CCn1c(=O)oc2cc(S(=O)(=O)N3CCCC3)ccc21)N1CC=C(c2ccccc2)CC1. The molecule has 0 bridgehead atoms. The molecule has 0 radical (unpaired) electrons. The second-order valence-corrected chi connectivity index (χ2v) is 10.6. The fourth-order valence-electron chi connectivity index (χ4n) is 4.67. The third-order valence-corrected chi connectivity index (χ3v) is 8.49. The van der Waals surface area contributed by atoms with E-state index >= 15 is 0 Å². The number of sulfonamides is 1. The minimum absolute atomic E-state index is 0.0298. The van der Waals surface area contributed by atoms with E-state index in [4.69, 9.17) is 4.42 Å². The summed E-state index contributed by atoms with van der Waals surface area (Å²) in [6.07, 6.45) is 4.73. The quantitative estimate of drug-likeness (QED) is 0.540. The summed E-state index contributed by atoms with van der Waals surface area (Å²) in [5.74, 6) is -0.624. The van der Waals surface area contributed by atoms with Crippen LogP contribution in [0.5, 0.6) is 0 Å². The Morgan fingerprint density at radius 1 is 1.00 bits per heavy atom.